The van der Waals surface area contributed by atoms with Crippen molar-refractivity contribution in [3.8, 4) is 0 Å². The highest BCUT2D eigenvalue weighted by Crippen LogP contribution is 2.23. The summed E-state index contributed by atoms with van der Waals surface area (Å²) in [6.45, 7) is 1.27. The third kappa shape index (κ3) is 3.73. The first-order valence-electron chi connectivity index (χ1n) is 6.32. The molecule has 1 amide bonds. The molecule has 1 aromatic heterocycles. The van der Waals surface area contributed by atoms with Crippen molar-refractivity contribution in [1.29, 1.82) is 0 Å². The van der Waals surface area contributed by atoms with Crippen molar-refractivity contribution in [3.63, 3.8) is 0 Å². The molecule has 0 unspecified atom stereocenters. The molecule has 1 aromatic rings. The zero-order valence-corrected chi connectivity index (χ0v) is 11.2. The summed E-state index contributed by atoms with van der Waals surface area (Å²) in [4.78, 5) is 24.4. The lowest BCUT2D eigenvalue weighted by Crippen LogP contribution is -2.39. The fourth-order valence-corrected chi connectivity index (χ4v) is 2.54. The molecule has 0 aromatic carbocycles. The van der Waals surface area contributed by atoms with Crippen LogP contribution in [0.2, 0.25) is 5.22 Å². The normalized spacial score (nSPS) is 19.4. The smallest absolute Gasteiger partial charge is 0.303 e. The summed E-state index contributed by atoms with van der Waals surface area (Å²) < 4.78 is 5.11. The summed E-state index contributed by atoms with van der Waals surface area (Å²) in [6, 6.07) is 3.10. The van der Waals surface area contributed by atoms with Gasteiger partial charge in [-0.05, 0) is 48.9 Å². The van der Waals surface area contributed by atoms with Crippen molar-refractivity contribution >= 4 is 23.5 Å². The largest absolute Gasteiger partial charge is 0.481 e. The molecule has 2 rings (SSSR count). The van der Waals surface area contributed by atoms with Crippen LogP contribution < -0.4 is 0 Å². The van der Waals surface area contributed by atoms with Gasteiger partial charge in [0.1, 0.15) is 0 Å². The van der Waals surface area contributed by atoms with E-state index in [0.29, 0.717) is 19.5 Å². The number of amides is 1. The molecule has 6 heteroatoms. The molecule has 1 atom stereocenters. The number of aliphatic carboxylic acids is 1. The van der Waals surface area contributed by atoms with Gasteiger partial charge in [0.2, 0.25) is 0 Å². The summed E-state index contributed by atoms with van der Waals surface area (Å²) in [5.41, 5.74) is 0. The minimum absolute atomic E-state index is 0.152. The van der Waals surface area contributed by atoms with Gasteiger partial charge in [-0.25, -0.2) is 0 Å². The number of carboxylic acids is 1. The fourth-order valence-electron chi connectivity index (χ4n) is 2.40. The van der Waals surface area contributed by atoms with E-state index in [1.54, 1.807) is 17.0 Å². The van der Waals surface area contributed by atoms with Gasteiger partial charge >= 0.3 is 5.97 Å². The molecule has 2 heterocycles. The topological polar surface area (TPSA) is 70.8 Å². The van der Waals surface area contributed by atoms with Crippen LogP contribution >= 0.6 is 11.6 Å². The first-order valence-corrected chi connectivity index (χ1v) is 6.70. The fraction of sp³-hybridized carbons (Fsp3) is 0.538. The molecule has 0 bridgehead atoms. The van der Waals surface area contributed by atoms with Gasteiger partial charge in [0.25, 0.3) is 5.91 Å². The Labute approximate surface area is 116 Å². The predicted octanol–water partition coefficient (Wildman–Crippen LogP) is 2.65. The van der Waals surface area contributed by atoms with Gasteiger partial charge in [0.05, 0.1) is 0 Å². The Bertz CT molecular complexity index is 471. The summed E-state index contributed by atoms with van der Waals surface area (Å²) in [6.07, 6.45) is 2.62. The first kappa shape index (κ1) is 13.9. The number of carbonyl (C=O) groups excluding carboxylic acids is 1. The third-order valence-electron chi connectivity index (χ3n) is 3.36. The Morgan fingerprint density at radius 1 is 1.47 bits per heavy atom. The van der Waals surface area contributed by atoms with Crippen LogP contribution in [0, 0.1) is 5.92 Å². The lowest BCUT2D eigenvalue weighted by atomic mass is 9.93. The highest BCUT2D eigenvalue weighted by atomic mass is 35.5. The molecule has 0 spiro atoms. The Balaban J connectivity index is 1.93. The SMILES string of the molecule is O=C(O)CC[C@H]1CCCN(C(=O)c2ccc(Cl)o2)C1. The standard InChI is InChI=1S/C13H16ClNO4/c14-11-5-4-10(19-11)13(18)15-7-1-2-9(8-15)3-6-12(16)17/h4-5,9H,1-3,6-8H2,(H,16,17)/t9-/m1/s1. The maximum atomic E-state index is 12.2. The Kier molecular flexibility index (Phi) is 4.47. The van der Waals surface area contributed by atoms with E-state index in [4.69, 9.17) is 21.1 Å². The van der Waals surface area contributed by atoms with E-state index in [1.165, 1.54) is 0 Å². The summed E-state index contributed by atoms with van der Waals surface area (Å²) >= 11 is 5.65. The van der Waals surface area contributed by atoms with Crippen molar-refractivity contribution in [2.45, 2.75) is 25.7 Å². The second-order valence-corrected chi connectivity index (χ2v) is 5.17. The number of furan rings is 1. The Morgan fingerprint density at radius 3 is 2.89 bits per heavy atom. The van der Waals surface area contributed by atoms with E-state index in [-0.39, 0.29) is 29.2 Å². The van der Waals surface area contributed by atoms with Gasteiger partial charge in [-0.15, -0.1) is 0 Å². The van der Waals surface area contributed by atoms with Crippen LogP contribution in [0.5, 0.6) is 0 Å². The number of nitrogens with zero attached hydrogens (tertiary/aromatic N) is 1. The summed E-state index contributed by atoms with van der Waals surface area (Å²) in [7, 11) is 0. The average molecular weight is 286 g/mol. The van der Waals surface area contributed by atoms with Gasteiger partial charge in [-0.3, -0.25) is 9.59 Å². The quantitative estimate of drug-likeness (QED) is 0.923. The van der Waals surface area contributed by atoms with Crippen molar-refractivity contribution in [3.05, 3.63) is 23.1 Å². The second kappa shape index (κ2) is 6.10. The highest BCUT2D eigenvalue weighted by molar-refractivity contribution is 6.29. The van der Waals surface area contributed by atoms with Crippen LogP contribution in [0.15, 0.2) is 16.5 Å². The number of likely N-dealkylation sites (tertiary alicyclic amines) is 1. The van der Waals surface area contributed by atoms with Crippen LogP contribution in [0.25, 0.3) is 0 Å². The van der Waals surface area contributed by atoms with E-state index in [2.05, 4.69) is 0 Å². The number of piperidine rings is 1. The second-order valence-electron chi connectivity index (χ2n) is 4.80. The predicted molar refractivity (Wildman–Crippen MR) is 69.2 cm³/mol. The molecule has 1 aliphatic rings. The van der Waals surface area contributed by atoms with E-state index in [9.17, 15) is 9.59 Å². The van der Waals surface area contributed by atoms with Crippen molar-refractivity contribution < 1.29 is 19.1 Å². The number of carboxylic acid groups (broad SMARTS) is 1. The van der Waals surface area contributed by atoms with Gasteiger partial charge in [0, 0.05) is 19.5 Å². The lowest BCUT2D eigenvalue weighted by Gasteiger charge is -2.32. The minimum atomic E-state index is -0.790. The maximum absolute atomic E-state index is 12.2. The molecule has 1 aliphatic heterocycles. The molecular formula is C13H16ClNO4. The first-order chi connectivity index (χ1) is 9.06. The van der Waals surface area contributed by atoms with Crippen molar-refractivity contribution in [2.24, 2.45) is 5.92 Å². The third-order valence-corrected chi connectivity index (χ3v) is 3.56. The minimum Gasteiger partial charge on any atom is -0.481 e. The van der Waals surface area contributed by atoms with E-state index < -0.39 is 5.97 Å². The van der Waals surface area contributed by atoms with Gasteiger partial charge < -0.3 is 14.4 Å². The van der Waals surface area contributed by atoms with Crippen molar-refractivity contribution in [2.75, 3.05) is 13.1 Å². The average Bonchev–Trinajstić information content (AvgIpc) is 2.82. The van der Waals surface area contributed by atoms with Gasteiger partial charge in [-0.1, -0.05) is 0 Å². The summed E-state index contributed by atoms with van der Waals surface area (Å²) in [5.74, 6) is -0.476. The molecule has 104 valence electrons. The zero-order valence-electron chi connectivity index (χ0n) is 10.5. The molecule has 1 N–H and O–H groups in total. The Hall–Kier alpha value is -1.49. The maximum Gasteiger partial charge on any atom is 0.303 e. The van der Waals surface area contributed by atoms with Crippen molar-refractivity contribution in [1.82, 2.24) is 4.90 Å². The molecule has 1 fully saturated rings. The molecular weight excluding hydrogens is 270 g/mol. The number of carbonyl (C=O) groups is 2. The van der Waals surface area contributed by atoms with E-state index >= 15 is 0 Å². The van der Waals surface area contributed by atoms with Crippen LogP contribution in [-0.2, 0) is 4.79 Å². The van der Waals surface area contributed by atoms with Crippen LogP contribution in [0.4, 0.5) is 0 Å². The number of hydrogen-bond acceptors (Lipinski definition) is 3. The monoisotopic (exact) mass is 285 g/mol. The van der Waals surface area contributed by atoms with Gasteiger partial charge in [-0.2, -0.15) is 0 Å². The molecule has 0 aliphatic carbocycles. The Morgan fingerprint density at radius 2 is 2.26 bits per heavy atom. The number of hydrogen-bond donors (Lipinski definition) is 1. The van der Waals surface area contributed by atoms with Crippen LogP contribution in [0.3, 0.4) is 0 Å². The van der Waals surface area contributed by atoms with Gasteiger partial charge in [0.15, 0.2) is 11.0 Å². The van der Waals surface area contributed by atoms with E-state index in [0.717, 1.165) is 12.8 Å². The molecule has 5 nitrogen and oxygen atoms in total. The number of rotatable bonds is 4. The van der Waals surface area contributed by atoms with Crippen LogP contribution in [0.1, 0.15) is 36.2 Å². The van der Waals surface area contributed by atoms with Crippen LogP contribution in [-0.4, -0.2) is 35.0 Å². The number of halogens is 1. The molecule has 19 heavy (non-hydrogen) atoms. The molecule has 0 radical (unpaired) electrons. The molecule has 0 saturated carbocycles. The zero-order chi connectivity index (χ0) is 13.8. The highest BCUT2D eigenvalue weighted by Gasteiger charge is 2.26. The molecule has 1 saturated heterocycles. The summed E-state index contributed by atoms with van der Waals surface area (Å²) in [5, 5.41) is 8.89. The van der Waals surface area contributed by atoms with E-state index in [1.807, 2.05) is 0 Å². The lowest BCUT2D eigenvalue weighted by molar-refractivity contribution is -0.137.